The minimum absolute atomic E-state index is 0.0951. The number of rotatable bonds is 7. The zero-order valence-corrected chi connectivity index (χ0v) is 17.1. The lowest BCUT2D eigenvalue weighted by Crippen LogP contribution is -1.98. The van der Waals surface area contributed by atoms with Crippen LogP contribution in [0.3, 0.4) is 0 Å². The Hall–Kier alpha value is -4.13. The van der Waals surface area contributed by atoms with E-state index in [1.807, 2.05) is 36.4 Å². The number of hydrogen-bond acceptors (Lipinski definition) is 6. The molecular formula is C24H20N2O5. The lowest BCUT2D eigenvalue weighted by molar-refractivity contribution is -0.386. The molecule has 7 heteroatoms. The second-order valence-electron chi connectivity index (χ2n) is 6.91. The third kappa shape index (κ3) is 4.25. The quantitative estimate of drug-likeness (QED) is 0.279. The number of methoxy groups -OCH3 is 1. The molecule has 4 aromatic rings. The van der Waals surface area contributed by atoms with Crippen molar-refractivity contribution in [3.63, 3.8) is 0 Å². The number of fused-ring (bicyclic) bond motifs is 1. The standard InChI is InChI=1S/C24H20N2O5/c1-16-24(26(27)28)22(31-25-16)13-11-17-10-12-21(23(14-17)29-2)30-15-19-8-5-7-18-6-3-4-9-20(18)19/h3-14H,15H2,1-2H3. The number of aryl methyl sites for hydroxylation is 1. The Bertz CT molecular complexity index is 1270. The molecule has 0 bridgehead atoms. The summed E-state index contributed by atoms with van der Waals surface area (Å²) >= 11 is 0. The van der Waals surface area contributed by atoms with Gasteiger partial charge < -0.3 is 14.0 Å². The van der Waals surface area contributed by atoms with Gasteiger partial charge in [0.2, 0.25) is 5.76 Å². The normalized spacial score (nSPS) is 11.2. The van der Waals surface area contributed by atoms with Gasteiger partial charge in [0.1, 0.15) is 6.61 Å². The molecule has 4 rings (SSSR count). The van der Waals surface area contributed by atoms with Gasteiger partial charge in [0.05, 0.1) is 12.0 Å². The molecule has 31 heavy (non-hydrogen) atoms. The molecule has 0 radical (unpaired) electrons. The number of nitrogens with zero attached hydrogens (tertiary/aromatic N) is 2. The van der Waals surface area contributed by atoms with E-state index in [9.17, 15) is 10.1 Å². The number of benzene rings is 3. The van der Waals surface area contributed by atoms with Crippen molar-refractivity contribution in [3.05, 3.63) is 93.4 Å². The second-order valence-corrected chi connectivity index (χ2v) is 6.91. The fourth-order valence-electron chi connectivity index (χ4n) is 3.37. The highest BCUT2D eigenvalue weighted by atomic mass is 16.6. The van der Waals surface area contributed by atoms with Crippen molar-refractivity contribution in [2.24, 2.45) is 0 Å². The van der Waals surface area contributed by atoms with Gasteiger partial charge in [-0.25, -0.2) is 0 Å². The Labute approximate surface area is 178 Å². The van der Waals surface area contributed by atoms with Crippen LogP contribution in [0.2, 0.25) is 0 Å². The van der Waals surface area contributed by atoms with Crippen LogP contribution in [-0.2, 0) is 6.61 Å². The van der Waals surface area contributed by atoms with Crippen LogP contribution in [-0.4, -0.2) is 17.2 Å². The summed E-state index contributed by atoms with van der Waals surface area (Å²) in [6.45, 7) is 1.93. The fraction of sp³-hybridized carbons (Fsp3) is 0.125. The third-order valence-electron chi connectivity index (χ3n) is 4.92. The number of hydrogen-bond donors (Lipinski definition) is 0. The van der Waals surface area contributed by atoms with E-state index < -0.39 is 4.92 Å². The van der Waals surface area contributed by atoms with Crippen LogP contribution in [0.15, 0.2) is 65.2 Å². The first-order valence-corrected chi connectivity index (χ1v) is 9.63. The molecule has 0 saturated carbocycles. The summed E-state index contributed by atoms with van der Waals surface area (Å²) in [4.78, 5) is 10.7. The molecule has 0 aliphatic rings. The molecule has 0 atom stereocenters. The number of aromatic nitrogens is 1. The molecule has 7 nitrogen and oxygen atoms in total. The lowest BCUT2D eigenvalue weighted by atomic mass is 10.1. The van der Waals surface area contributed by atoms with E-state index in [4.69, 9.17) is 14.0 Å². The molecule has 0 N–H and O–H groups in total. The largest absolute Gasteiger partial charge is 0.493 e. The van der Waals surface area contributed by atoms with Gasteiger partial charge >= 0.3 is 5.69 Å². The molecule has 156 valence electrons. The van der Waals surface area contributed by atoms with Crippen molar-refractivity contribution in [2.45, 2.75) is 13.5 Å². The van der Waals surface area contributed by atoms with Gasteiger partial charge in [-0.05, 0) is 47.0 Å². The molecule has 3 aromatic carbocycles. The number of ether oxygens (including phenoxy) is 2. The summed E-state index contributed by atoms with van der Waals surface area (Å²) in [5, 5.41) is 17.1. The second kappa shape index (κ2) is 8.71. The third-order valence-corrected chi connectivity index (χ3v) is 4.92. The summed E-state index contributed by atoms with van der Waals surface area (Å²) in [7, 11) is 1.57. The van der Waals surface area contributed by atoms with Crippen LogP contribution >= 0.6 is 0 Å². The van der Waals surface area contributed by atoms with Gasteiger partial charge in [-0.15, -0.1) is 0 Å². The van der Waals surface area contributed by atoms with Crippen LogP contribution < -0.4 is 9.47 Å². The van der Waals surface area contributed by atoms with Gasteiger partial charge in [0.15, 0.2) is 17.2 Å². The Kier molecular flexibility index (Phi) is 5.66. The maximum atomic E-state index is 11.2. The summed E-state index contributed by atoms with van der Waals surface area (Å²) in [6, 6.07) is 19.7. The molecular weight excluding hydrogens is 396 g/mol. The van der Waals surface area contributed by atoms with Gasteiger partial charge in [-0.3, -0.25) is 10.1 Å². The highest BCUT2D eigenvalue weighted by Gasteiger charge is 2.21. The van der Waals surface area contributed by atoms with Crippen LogP contribution in [0.1, 0.15) is 22.6 Å². The monoisotopic (exact) mass is 416 g/mol. The zero-order valence-electron chi connectivity index (χ0n) is 17.1. The van der Waals surface area contributed by atoms with Crippen molar-refractivity contribution in [1.82, 2.24) is 5.16 Å². The first-order valence-electron chi connectivity index (χ1n) is 9.63. The van der Waals surface area contributed by atoms with Crippen molar-refractivity contribution in [1.29, 1.82) is 0 Å². The molecule has 0 aliphatic heterocycles. The maximum absolute atomic E-state index is 11.2. The summed E-state index contributed by atoms with van der Waals surface area (Å²) in [6.07, 6.45) is 3.22. The predicted molar refractivity (Wildman–Crippen MR) is 118 cm³/mol. The van der Waals surface area contributed by atoms with Crippen molar-refractivity contribution < 1.29 is 18.9 Å². The SMILES string of the molecule is COc1cc(C=Cc2onc(C)c2[N+](=O)[O-])ccc1OCc1cccc2ccccc12. The van der Waals surface area contributed by atoms with Crippen LogP contribution in [0.25, 0.3) is 22.9 Å². The topological polar surface area (TPSA) is 87.6 Å². The molecule has 0 saturated heterocycles. The minimum atomic E-state index is -0.504. The number of nitro groups is 1. The predicted octanol–water partition coefficient (Wildman–Crippen LogP) is 5.80. The van der Waals surface area contributed by atoms with E-state index in [2.05, 4.69) is 23.4 Å². The van der Waals surface area contributed by atoms with Crippen molar-refractivity contribution >= 4 is 28.6 Å². The molecule has 0 spiro atoms. The lowest BCUT2D eigenvalue weighted by Gasteiger charge is -2.12. The van der Waals surface area contributed by atoms with E-state index in [1.165, 1.54) is 13.0 Å². The molecule has 1 aromatic heterocycles. The molecule has 1 heterocycles. The minimum Gasteiger partial charge on any atom is -0.493 e. The summed E-state index contributed by atoms with van der Waals surface area (Å²) in [5.74, 6) is 1.26. The maximum Gasteiger partial charge on any atom is 0.338 e. The smallest absolute Gasteiger partial charge is 0.338 e. The van der Waals surface area contributed by atoms with E-state index in [0.717, 1.165) is 21.9 Å². The van der Waals surface area contributed by atoms with Crippen LogP contribution in [0.5, 0.6) is 11.5 Å². The molecule has 0 amide bonds. The van der Waals surface area contributed by atoms with Gasteiger partial charge in [0, 0.05) is 0 Å². The van der Waals surface area contributed by atoms with E-state index in [-0.39, 0.29) is 17.1 Å². The average molecular weight is 416 g/mol. The first-order chi connectivity index (χ1) is 15.1. The van der Waals surface area contributed by atoms with Gasteiger partial charge in [0.25, 0.3) is 0 Å². The Morgan fingerprint density at radius 3 is 2.68 bits per heavy atom. The summed E-state index contributed by atoms with van der Waals surface area (Å²) in [5.41, 5.74) is 1.95. The van der Waals surface area contributed by atoms with Crippen LogP contribution in [0, 0.1) is 17.0 Å². The highest BCUT2D eigenvalue weighted by Crippen LogP contribution is 2.31. The highest BCUT2D eigenvalue weighted by molar-refractivity contribution is 5.85. The Morgan fingerprint density at radius 2 is 1.87 bits per heavy atom. The Balaban J connectivity index is 1.54. The van der Waals surface area contributed by atoms with Gasteiger partial charge in [-0.1, -0.05) is 59.8 Å². The Morgan fingerprint density at radius 1 is 1.06 bits per heavy atom. The van der Waals surface area contributed by atoms with Gasteiger partial charge in [-0.2, -0.15) is 0 Å². The van der Waals surface area contributed by atoms with E-state index in [0.29, 0.717) is 18.1 Å². The van der Waals surface area contributed by atoms with Crippen molar-refractivity contribution in [3.8, 4) is 11.5 Å². The van der Waals surface area contributed by atoms with Crippen LogP contribution in [0.4, 0.5) is 5.69 Å². The van der Waals surface area contributed by atoms with E-state index in [1.54, 1.807) is 19.3 Å². The fourth-order valence-corrected chi connectivity index (χ4v) is 3.37. The molecule has 0 unspecified atom stereocenters. The molecule has 0 aliphatic carbocycles. The van der Waals surface area contributed by atoms with Crippen molar-refractivity contribution in [2.75, 3.05) is 7.11 Å². The van der Waals surface area contributed by atoms with E-state index >= 15 is 0 Å². The average Bonchev–Trinajstić information content (AvgIpc) is 3.17. The molecule has 0 fully saturated rings. The summed E-state index contributed by atoms with van der Waals surface area (Å²) < 4.78 is 16.6. The first kappa shape index (κ1) is 20.2. The zero-order chi connectivity index (χ0) is 21.8.